The first-order chi connectivity index (χ1) is 9.01. The summed E-state index contributed by atoms with van der Waals surface area (Å²) < 4.78 is 5.11. The number of methoxy groups -OCH3 is 1. The number of hydrogen-bond donors (Lipinski definition) is 1. The van der Waals surface area contributed by atoms with Crippen molar-refractivity contribution < 1.29 is 14.5 Å². The van der Waals surface area contributed by atoms with E-state index in [0.29, 0.717) is 0 Å². The lowest BCUT2D eigenvalue weighted by Crippen LogP contribution is -2.47. The highest BCUT2D eigenvalue weighted by atomic mass is 35.5. The van der Waals surface area contributed by atoms with Gasteiger partial charge in [-0.1, -0.05) is 11.6 Å². The number of carbonyl (C=O) groups excluding carboxylic acids is 1. The lowest BCUT2D eigenvalue weighted by atomic mass is 9.89. The molecule has 7 heteroatoms. The molecule has 0 unspecified atom stereocenters. The first kappa shape index (κ1) is 13.8. The number of nitrogens with zero attached hydrogens (tertiary/aromatic N) is 1. The van der Waals surface area contributed by atoms with Crippen molar-refractivity contribution in [2.24, 2.45) is 0 Å². The second kappa shape index (κ2) is 5.54. The van der Waals surface area contributed by atoms with Crippen molar-refractivity contribution >= 4 is 23.2 Å². The van der Waals surface area contributed by atoms with Crippen LogP contribution in [0.2, 0.25) is 5.02 Å². The minimum absolute atomic E-state index is 0.0182. The molecule has 0 aromatic heterocycles. The van der Waals surface area contributed by atoms with E-state index in [2.05, 4.69) is 5.32 Å². The van der Waals surface area contributed by atoms with Gasteiger partial charge in [0.1, 0.15) is 5.02 Å². The second-order valence-corrected chi connectivity index (χ2v) is 4.83. The summed E-state index contributed by atoms with van der Waals surface area (Å²) in [7, 11) is 1.63. The summed E-state index contributed by atoms with van der Waals surface area (Å²) in [6.07, 6.45) is 1.71. The van der Waals surface area contributed by atoms with E-state index < -0.39 is 4.92 Å². The summed E-state index contributed by atoms with van der Waals surface area (Å²) in [5.41, 5.74) is -0.0327. The molecule has 2 rings (SSSR count). The van der Waals surface area contributed by atoms with Crippen LogP contribution in [-0.4, -0.2) is 30.1 Å². The van der Waals surface area contributed by atoms with E-state index in [0.717, 1.165) is 12.8 Å². The molecule has 1 aromatic carbocycles. The number of amides is 1. The van der Waals surface area contributed by atoms with Crippen LogP contribution in [0.15, 0.2) is 18.2 Å². The van der Waals surface area contributed by atoms with Crippen molar-refractivity contribution in [1.82, 2.24) is 5.32 Å². The monoisotopic (exact) mass is 284 g/mol. The third kappa shape index (κ3) is 3.02. The Kier molecular flexibility index (Phi) is 4.01. The maximum atomic E-state index is 11.9. The normalized spacial score (nSPS) is 21.6. The topological polar surface area (TPSA) is 81.5 Å². The summed E-state index contributed by atoms with van der Waals surface area (Å²) >= 11 is 5.69. The highest BCUT2D eigenvalue weighted by molar-refractivity contribution is 6.32. The Morgan fingerprint density at radius 3 is 2.79 bits per heavy atom. The zero-order valence-electron chi connectivity index (χ0n) is 10.3. The van der Waals surface area contributed by atoms with E-state index in [1.54, 1.807) is 7.11 Å². The Balaban J connectivity index is 2.04. The van der Waals surface area contributed by atoms with Crippen molar-refractivity contribution in [3.63, 3.8) is 0 Å². The Labute approximate surface area is 114 Å². The molecular weight excluding hydrogens is 272 g/mol. The molecule has 1 saturated carbocycles. The Morgan fingerprint density at radius 1 is 1.53 bits per heavy atom. The molecule has 0 atom stereocenters. The molecule has 1 amide bonds. The van der Waals surface area contributed by atoms with Crippen LogP contribution in [0.1, 0.15) is 23.2 Å². The number of halogens is 1. The molecule has 0 heterocycles. The Bertz CT molecular complexity index is 514. The van der Waals surface area contributed by atoms with Crippen LogP contribution in [-0.2, 0) is 4.74 Å². The second-order valence-electron chi connectivity index (χ2n) is 4.42. The quantitative estimate of drug-likeness (QED) is 0.678. The fourth-order valence-electron chi connectivity index (χ4n) is 1.94. The summed E-state index contributed by atoms with van der Waals surface area (Å²) in [6, 6.07) is 4.07. The van der Waals surface area contributed by atoms with Gasteiger partial charge in [-0.25, -0.2) is 0 Å². The van der Waals surface area contributed by atoms with Crippen LogP contribution < -0.4 is 5.32 Å². The number of carbonyl (C=O) groups is 1. The predicted octanol–water partition coefficient (Wildman–Crippen LogP) is 2.16. The number of rotatable bonds is 4. The zero-order valence-corrected chi connectivity index (χ0v) is 11.0. The highest BCUT2D eigenvalue weighted by Gasteiger charge is 2.30. The third-order valence-corrected chi connectivity index (χ3v) is 3.49. The number of nitro benzene ring substituents is 1. The van der Waals surface area contributed by atoms with Gasteiger partial charge in [-0.15, -0.1) is 0 Å². The van der Waals surface area contributed by atoms with Gasteiger partial charge in [-0.05, 0) is 25.0 Å². The maximum Gasteiger partial charge on any atom is 0.288 e. The molecule has 1 N–H and O–H groups in total. The van der Waals surface area contributed by atoms with E-state index in [-0.39, 0.29) is 34.3 Å². The van der Waals surface area contributed by atoms with E-state index >= 15 is 0 Å². The minimum Gasteiger partial charge on any atom is -0.381 e. The van der Waals surface area contributed by atoms with Crippen molar-refractivity contribution in [3.8, 4) is 0 Å². The van der Waals surface area contributed by atoms with E-state index in [4.69, 9.17) is 16.3 Å². The molecule has 102 valence electrons. The van der Waals surface area contributed by atoms with Crippen molar-refractivity contribution in [2.75, 3.05) is 7.11 Å². The van der Waals surface area contributed by atoms with Crippen molar-refractivity contribution in [1.29, 1.82) is 0 Å². The van der Waals surface area contributed by atoms with Crippen molar-refractivity contribution in [2.45, 2.75) is 25.0 Å². The highest BCUT2D eigenvalue weighted by Crippen LogP contribution is 2.26. The van der Waals surface area contributed by atoms with Gasteiger partial charge in [0.2, 0.25) is 0 Å². The molecule has 6 nitrogen and oxygen atoms in total. The van der Waals surface area contributed by atoms with Gasteiger partial charge in [0.15, 0.2) is 0 Å². The molecule has 19 heavy (non-hydrogen) atoms. The molecule has 0 radical (unpaired) electrons. The van der Waals surface area contributed by atoms with Gasteiger partial charge in [-0.2, -0.15) is 0 Å². The minimum atomic E-state index is -0.608. The molecule has 1 aliphatic rings. The first-order valence-corrected chi connectivity index (χ1v) is 6.16. The van der Waals surface area contributed by atoms with Gasteiger partial charge in [0.25, 0.3) is 11.6 Å². The molecule has 1 fully saturated rings. The largest absolute Gasteiger partial charge is 0.381 e. The van der Waals surface area contributed by atoms with Gasteiger partial charge in [-0.3, -0.25) is 14.9 Å². The standard InChI is InChI=1S/C12H13ClN2O4/c1-19-9-5-8(6-9)14-12(16)7-2-3-10(13)11(4-7)15(17)18/h2-4,8-9H,5-6H2,1H3,(H,14,16). The van der Waals surface area contributed by atoms with Crippen LogP contribution in [0.25, 0.3) is 0 Å². The Hall–Kier alpha value is -1.66. The number of benzene rings is 1. The van der Waals surface area contributed by atoms with Gasteiger partial charge >= 0.3 is 0 Å². The summed E-state index contributed by atoms with van der Waals surface area (Å²) in [5, 5.41) is 13.6. The fraction of sp³-hybridized carbons (Fsp3) is 0.417. The number of nitrogens with one attached hydrogen (secondary N) is 1. The zero-order chi connectivity index (χ0) is 14.0. The van der Waals surface area contributed by atoms with Crippen LogP contribution in [0.3, 0.4) is 0 Å². The molecule has 1 aromatic rings. The summed E-state index contributed by atoms with van der Waals surface area (Å²) in [6.45, 7) is 0. The van der Waals surface area contributed by atoms with Gasteiger partial charge < -0.3 is 10.1 Å². The molecular formula is C12H13ClN2O4. The average Bonchev–Trinajstić information content (AvgIpc) is 2.33. The lowest BCUT2D eigenvalue weighted by Gasteiger charge is -2.34. The SMILES string of the molecule is COC1CC(NC(=O)c2ccc(Cl)c([N+](=O)[O-])c2)C1. The van der Waals surface area contributed by atoms with Crippen molar-refractivity contribution in [3.05, 3.63) is 38.9 Å². The molecule has 0 spiro atoms. The maximum absolute atomic E-state index is 11.9. The lowest BCUT2D eigenvalue weighted by molar-refractivity contribution is -0.384. The van der Waals surface area contributed by atoms with Crippen LogP contribution in [0.5, 0.6) is 0 Å². The van der Waals surface area contributed by atoms with Crippen LogP contribution in [0, 0.1) is 10.1 Å². The van der Waals surface area contributed by atoms with E-state index in [1.165, 1.54) is 18.2 Å². The van der Waals surface area contributed by atoms with Gasteiger partial charge in [0, 0.05) is 24.8 Å². The smallest absolute Gasteiger partial charge is 0.288 e. The van der Waals surface area contributed by atoms with E-state index in [1.807, 2.05) is 0 Å². The predicted molar refractivity (Wildman–Crippen MR) is 69.4 cm³/mol. The average molecular weight is 285 g/mol. The first-order valence-electron chi connectivity index (χ1n) is 5.79. The third-order valence-electron chi connectivity index (χ3n) is 3.17. The molecule has 1 aliphatic carbocycles. The van der Waals surface area contributed by atoms with E-state index in [9.17, 15) is 14.9 Å². The summed E-state index contributed by atoms with van der Waals surface area (Å²) in [5.74, 6) is -0.334. The fourth-order valence-corrected chi connectivity index (χ4v) is 2.13. The molecule has 0 saturated heterocycles. The van der Waals surface area contributed by atoms with Crippen LogP contribution in [0.4, 0.5) is 5.69 Å². The Morgan fingerprint density at radius 2 is 2.21 bits per heavy atom. The molecule has 0 aliphatic heterocycles. The van der Waals surface area contributed by atoms with Crippen LogP contribution >= 0.6 is 11.6 Å². The molecule has 0 bridgehead atoms. The number of nitro groups is 1. The number of hydrogen-bond acceptors (Lipinski definition) is 4. The summed E-state index contributed by atoms with van der Waals surface area (Å²) in [4.78, 5) is 22.0. The van der Waals surface area contributed by atoms with Gasteiger partial charge in [0.05, 0.1) is 11.0 Å². The number of ether oxygens (including phenoxy) is 1.